The van der Waals surface area contributed by atoms with Gasteiger partial charge in [-0.25, -0.2) is 4.39 Å². The van der Waals surface area contributed by atoms with E-state index < -0.39 is 47.8 Å². The van der Waals surface area contributed by atoms with Crippen LogP contribution in [0.5, 0.6) is 0 Å². The molecule has 7 unspecified atom stereocenters. The van der Waals surface area contributed by atoms with Gasteiger partial charge in [-0.05, 0) is 60.1 Å². The number of carbonyl (C=O) groups excluding carboxylic acids is 3. The average molecular weight is 604 g/mol. The number of rotatable bonds is 4. The number of halogens is 4. The van der Waals surface area contributed by atoms with Gasteiger partial charge in [-0.1, -0.05) is 29.5 Å². The topological polar surface area (TPSA) is 99.3 Å². The first-order valence-electron chi connectivity index (χ1n) is 13.0. The van der Waals surface area contributed by atoms with Gasteiger partial charge in [0.25, 0.3) is 0 Å². The van der Waals surface area contributed by atoms with E-state index in [1.807, 2.05) is 0 Å². The molecule has 7 nitrogen and oxygen atoms in total. The Labute approximate surface area is 238 Å². The molecule has 2 aromatic carbocycles. The maximum atomic E-state index is 13.8. The van der Waals surface area contributed by atoms with Crippen molar-refractivity contribution < 1.29 is 31.9 Å². The first-order chi connectivity index (χ1) is 19.5. The highest BCUT2D eigenvalue weighted by Crippen LogP contribution is 2.68. The van der Waals surface area contributed by atoms with Crippen LogP contribution in [0.1, 0.15) is 28.3 Å². The standard InChI is InChI=1S/C28H21F4N3O4S2/c29-13-6-4-11(5-7-13)18-19-15-9-16(22(19)40-24-23(18)41-27(39)34-24)21-20(15)25(37)35(26(21)38)10-17(36)33-14-3-1-2-12(8-14)28(30,31)32/h1-8,15-16,18-22H,9-10H2,(H,33,36)(H,34,39). The maximum Gasteiger partial charge on any atom is 0.416 e. The van der Waals surface area contributed by atoms with Gasteiger partial charge in [-0.2, -0.15) is 13.2 Å². The molecule has 3 amide bonds. The molecule has 3 aromatic rings. The minimum atomic E-state index is -4.59. The molecule has 3 heterocycles. The first-order valence-corrected chi connectivity index (χ1v) is 14.7. The Morgan fingerprint density at radius 1 is 1.02 bits per heavy atom. The monoisotopic (exact) mass is 603 g/mol. The average Bonchev–Trinajstić information content (AvgIpc) is 3.65. The fraction of sp³-hybridized carbons (Fsp3) is 0.357. The number of nitrogens with zero attached hydrogens (tertiary/aromatic N) is 1. The van der Waals surface area contributed by atoms with Crippen molar-refractivity contribution in [3.63, 3.8) is 0 Å². The van der Waals surface area contributed by atoms with Crippen molar-refractivity contribution in [2.24, 2.45) is 29.6 Å². The lowest BCUT2D eigenvalue weighted by Crippen LogP contribution is -2.42. The number of anilines is 1. The molecule has 1 aromatic heterocycles. The lowest BCUT2D eigenvalue weighted by molar-refractivity contribution is -0.143. The van der Waals surface area contributed by atoms with Crippen molar-refractivity contribution in [3.8, 4) is 0 Å². The van der Waals surface area contributed by atoms with Crippen LogP contribution >= 0.6 is 23.1 Å². The van der Waals surface area contributed by atoms with Crippen LogP contribution in [-0.2, 0) is 20.6 Å². The Balaban J connectivity index is 1.15. The van der Waals surface area contributed by atoms with Gasteiger partial charge in [0.2, 0.25) is 17.7 Å². The predicted octanol–water partition coefficient (Wildman–Crippen LogP) is 4.71. The van der Waals surface area contributed by atoms with Crippen LogP contribution in [0.3, 0.4) is 0 Å². The van der Waals surface area contributed by atoms with E-state index in [2.05, 4.69) is 10.3 Å². The molecule has 2 bridgehead atoms. The van der Waals surface area contributed by atoms with Crippen LogP contribution < -0.4 is 10.2 Å². The number of hydrogen-bond donors (Lipinski definition) is 2. The fourth-order valence-corrected chi connectivity index (χ4v) is 10.3. The van der Waals surface area contributed by atoms with Gasteiger partial charge in [0.15, 0.2) is 0 Å². The van der Waals surface area contributed by atoms with Gasteiger partial charge < -0.3 is 10.3 Å². The predicted molar refractivity (Wildman–Crippen MR) is 142 cm³/mol. The molecule has 2 aliphatic carbocycles. The SMILES string of the molecule is O=C(CN1C(=O)C2C3CC(C2C1=O)C1C(c2ccc(F)cc2)c2sc(=O)[nH]c2SC31)Nc1cccc(C(F)(F)F)c1. The van der Waals surface area contributed by atoms with E-state index in [0.29, 0.717) is 6.42 Å². The van der Waals surface area contributed by atoms with Crippen molar-refractivity contribution in [1.82, 2.24) is 9.88 Å². The third kappa shape index (κ3) is 4.15. The summed E-state index contributed by atoms with van der Waals surface area (Å²) in [6.45, 7) is -0.592. The molecule has 13 heteroatoms. The second-order valence-electron chi connectivity index (χ2n) is 10.9. The Morgan fingerprint density at radius 3 is 2.44 bits per heavy atom. The number of fused-ring (bicyclic) bond motifs is 9. The lowest BCUT2D eigenvalue weighted by Gasteiger charge is -2.43. The second-order valence-corrected chi connectivity index (χ2v) is 13.1. The van der Waals surface area contributed by atoms with Gasteiger partial charge in [0.05, 0.1) is 22.4 Å². The zero-order chi connectivity index (χ0) is 28.8. The molecular formula is C28H21F4N3O4S2. The molecule has 7 atom stereocenters. The first kappa shape index (κ1) is 26.4. The molecule has 212 valence electrons. The fourth-order valence-electron chi connectivity index (χ4n) is 7.40. The third-order valence-electron chi connectivity index (χ3n) is 8.82. The molecule has 1 saturated heterocycles. The number of H-pyrrole nitrogens is 1. The Bertz CT molecular complexity index is 1650. The van der Waals surface area contributed by atoms with Gasteiger partial charge in [-0.15, -0.1) is 11.8 Å². The summed E-state index contributed by atoms with van der Waals surface area (Å²) in [6, 6.07) is 10.3. The Kier molecular flexibility index (Phi) is 5.99. The van der Waals surface area contributed by atoms with Crippen LogP contribution in [0.4, 0.5) is 23.2 Å². The minimum Gasteiger partial charge on any atom is -0.325 e. The van der Waals surface area contributed by atoms with Gasteiger partial charge >= 0.3 is 11.0 Å². The summed E-state index contributed by atoms with van der Waals surface area (Å²) < 4.78 is 53.0. The number of nitrogens with one attached hydrogen (secondary N) is 2. The molecule has 0 radical (unpaired) electrons. The number of alkyl halides is 3. The van der Waals surface area contributed by atoms with Gasteiger partial charge in [0.1, 0.15) is 12.4 Å². The van der Waals surface area contributed by atoms with E-state index in [1.54, 1.807) is 12.1 Å². The van der Waals surface area contributed by atoms with Crippen molar-refractivity contribution >= 4 is 46.5 Å². The number of aromatic nitrogens is 1. The summed E-state index contributed by atoms with van der Waals surface area (Å²) >= 11 is 2.61. The quantitative estimate of drug-likeness (QED) is 0.333. The number of hydrogen-bond acceptors (Lipinski definition) is 6. The summed E-state index contributed by atoms with van der Waals surface area (Å²) in [5.74, 6) is -3.97. The number of amides is 3. The molecule has 2 aliphatic heterocycles. The van der Waals surface area contributed by atoms with Crippen molar-refractivity contribution in [3.05, 3.63) is 80.0 Å². The number of benzene rings is 2. The summed E-state index contributed by atoms with van der Waals surface area (Å²) in [4.78, 5) is 56.7. The number of carbonyl (C=O) groups is 3. The molecule has 4 aliphatic rings. The number of aromatic amines is 1. The van der Waals surface area contributed by atoms with E-state index in [9.17, 15) is 36.7 Å². The minimum absolute atomic E-state index is 0.0651. The van der Waals surface area contributed by atoms with E-state index in [-0.39, 0.29) is 45.3 Å². The number of imide groups is 1. The highest BCUT2D eigenvalue weighted by atomic mass is 32.2. The van der Waals surface area contributed by atoms with E-state index in [1.165, 1.54) is 30.0 Å². The van der Waals surface area contributed by atoms with E-state index in [0.717, 1.165) is 49.9 Å². The Hall–Kier alpha value is -3.45. The van der Waals surface area contributed by atoms with E-state index in [4.69, 9.17) is 0 Å². The molecule has 2 N–H and O–H groups in total. The molecule has 0 spiro atoms. The highest BCUT2D eigenvalue weighted by molar-refractivity contribution is 8.00. The number of likely N-dealkylation sites (tertiary alicyclic amines) is 1. The zero-order valence-corrected chi connectivity index (χ0v) is 22.6. The van der Waals surface area contributed by atoms with Crippen molar-refractivity contribution in [2.75, 3.05) is 11.9 Å². The second kappa shape index (κ2) is 9.28. The van der Waals surface area contributed by atoms with Gasteiger partial charge in [0, 0.05) is 21.7 Å². The third-order valence-corrected chi connectivity index (χ3v) is 11.4. The maximum absolute atomic E-state index is 13.8. The van der Waals surface area contributed by atoms with Crippen molar-refractivity contribution in [2.45, 2.75) is 28.8 Å². The summed E-state index contributed by atoms with van der Waals surface area (Å²) in [7, 11) is 0. The normalized spacial score (nSPS) is 29.9. The molecule has 2 saturated carbocycles. The smallest absolute Gasteiger partial charge is 0.325 e. The van der Waals surface area contributed by atoms with Gasteiger partial charge in [-0.3, -0.25) is 24.1 Å². The molecular weight excluding hydrogens is 582 g/mol. The van der Waals surface area contributed by atoms with Crippen LogP contribution in [-0.4, -0.2) is 39.4 Å². The van der Waals surface area contributed by atoms with Crippen LogP contribution in [0.25, 0.3) is 0 Å². The summed E-state index contributed by atoms with van der Waals surface area (Å²) in [5.41, 5.74) is -0.189. The lowest BCUT2D eigenvalue weighted by atomic mass is 9.68. The molecule has 41 heavy (non-hydrogen) atoms. The van der Waals surface area contributed by atoms with E-state index >= 15 is 0 Å². The number of thioether (sulfide) groups is 1. The molecule has 7 rings (SSSR count). The molecule has 3 fully saturated rings. The van der Waals surface area contributed by atoms with Crippen LogP contribution in [0, 0.1) is 35.4 Å². The zero-order valence-electron chi connectivity index (χ0n) is 21.0. The summed E-state index contributed by atoms with van der Waals surface area (Å²) in [5, 5.41) is 3.04. The van der Waals surface area contributed by atoms with Crippen LogP contribution in [0.15, 0.2) is 58.4 Å². The Morgan fingerprint density at radius 2 is 1.73 bits per heavy atom. The largest absolute Gasteiger partial charge is 0.416 e. The summed E-state index contributed by atoms with van der Waals surface area (Å²) in [6.07, 6.45) is -3.94. The highest BCUT2D eigenvalue weighted by Gasteiger charge is 2.69. The van der Waals surface area contributed by atoms with Crippen molar-refractivity contribution in [1.29, 1.82) is 0 Å². The number of thiazole rings is 1. The van der Waals surface area contributed by atoms with Crippen LogP contribution in [0.2, 0.25) is 0 Å².